The van der Waals surface area contributed by atoms with Gasteiger partial charge in [0.2, 0.25) is 0 Å². The average molecular weight is 850 g/mol. The van der Waals surface area contributed by atoms with Crippen molar-refractivity contribution < 1.29 is 0 Å². The first-order valence-electron chi connectivity index (χ1n) is 21.9. The van der Waals surface area contributed by atoms with Gasteiger partial charge in [-0.3, -0.25) is 0 Å². The van der Waals surface area contributed by atoms with Gasteiger partial charge in [0.05, 0.1) is 5.41 Å². The summed E-state index contributed by atoms with van der Waals surface area (Å²) in [6, 6.07) is 87.8. The van der Waals surface area contributed by atoms with Gasteiger partial charge in [-0.25, -0.2) is 0 Å². The molecule has 3 heteroatoms. The van der Waals surface area contributed by atoms with Crippen LogP contribution in [0.15, 0.2) is 237 Å². The lowest BCUT2D eigenvalue weighted by Gasteiger charge is -2.35. The molecule has 0 N–H and O–H groups in total. The zero-order valence-electron chi connectivity index (χ0n) is 34.8. The Labute approximate surface area is 380 Å². The molecule has 0 bridgehead atoms. The maximum absolute atomic E-state index is 2.48. The van der Waals surface area contributed by atoms with Gasteiger partial charge >= 0.3 is 0 Å². The quantitative estimate of drug-likeness (QED) is 0.154. The highest BCUT2D eigenvalue weighted by molar-refractivity contribution is 7.26. The minimum Gasteiger partial charge on any atom is -0.310 e. The highest BCUT2D eigenvalue weighted by atomic mass is 32.1. The summed E-state index contributed by atoms with van der Waals surface area (Å²) in [4.78, 5) is 2.48. The fourth-order valence-electron chi connectivity index (χ4n) is 10.6. The fraction of sp³-hybridized carbons (Fsp3) is 0.0164. The smallest absolute Gasteiger partial charge is 0.0714 e. The molecular formula is C61H39NS2. The van der Waals surface area contributed by atoms with Gasteiger partial charge < -0.3 is 4.90 Å². The molecule has 0 aliphatic heterocycles. The Morgan fingerprint density at radius 2 is 0.734 bits per heavy atom. The van der Waals surface area contributed by atoms with Gasteiger partial charge in [-0.1, -0.05) is 188 Å². The van der Waals surface area contributed by atoms with Crippen molar-refractivity contribution in [2.75, 3.05) is 4.90 Å². The van der Waals surface area contributed by atoms with Crippen LogP contribution in [0.4, 0.5) is 17.1 Å². The maximum atomic E-state index is 2.48. The molecule has 1 nitrogen and oxygen atoms in total. The summed E-state index contributed by atoms with van der Waals surface area (Å²) < 4.78 is 5.26. The summed E-state index contributed by atoms with van der Waals surface area (Å²) >= 11 is 3.76. The van der Waals surface area contributed by atoms with Crippen LogP contribution in [0.1, 0.15) is 22.3 Å². The van der Waals surface area contributed by atoms with E-state index in [1.165, 1.54) is 96.0 Å². The molecule has 0 spiro atoms. The van der Waals surface area contributed by atoms with Crippen LogP contribution in [-0.4, -0.2) is 0 Å². The molecule has 0 amide bonds. The van der Waals surface area contributed by atoms with Crippen molar-refractivity contribution in [2.45, 2.75) is 5.41 Å². The zero-order chi connectivity index (χ0) is 42.2. The topological polar surface area (TPSA) is 3.24 Å². The lowest BCUT2D eigenvalue weighted by atomic mass is 9.67. The van der Waals surface area contributed by atoms with Crippen molar-refractivity contribution in [3.8, 4) is 33.4 Å². The van der Waals surface area contributed by atoms with Crippen molar-refractivity contribution in [1.29, 1.82) is 0 Å². The fourth-order valence-corrected chi connectivity index (χ4v) is 13.1. The molecule has 2 aromatic heterocycles. The summed E-state index contributed by atoms with van der Waals surface area (Å²) in [5, 5.41) is 5.23. The molecule has 2 heterocycles. The second kappa shape index (κ2) is 14.8. The third kappa shape index (κ3) is 5.61. The molecule has 1 aliphatic rings. The van der Waals surface area contributed by atoms with E-state index in [2.05, 4.69) is 241 Å². The molecule has 13 rings (SSSR count). The Kier molecular flexibility index (Phi) is 8.55. The van der Waals surface area contributed by atoms with Crippen molar-refractivity contribution >= 4 is 80.1 Å². The van der Waals surface area contributed by atoms with Crippen LogP contribution in [0.3, 0.4) is 0 Å². The number of hydrogen-bond donors (Lipinski definition) is 0. The van der Waals surface area contributed by atoms with E-state index in [0.717, 1.165) is 17.1 Å². The van der Waals surface area contributed by atoms with Gasteiger partial charge in [0.1, 0.15) is 0 Å². The largest absolute Gasteiger partial charge is 0.310 e. The highest BCUT2D eigenvalue weighted by Crippen LogP contribution is 2.57. The zero-order valence-corrected chi connectivity index (χ0v) is 36.4. The molecule has 12 aromatic rings. The second-order valence-electron chi connectivity index (χ2n) is 16.8. The van der Waals surface area contributed by atoms with Gasteiger partial charge in [-0.05, 0) is 104 Å². The molecule has 0 atom stereocenters. The Balaban J connectivity index is 1.05. The minimum absolute atomic E-state index is 0.520. The van der Waals surface area contributed by atoms with Crippen LogP contribution in [0.5, 0.6) is 0 Å². The Hall–Kier alpha value is -7.56. The summed E-state index contributed by atoms with van der Waals surface area (Å²) in [6.07, 6.45) is 0. The number of anilines is 3. The van der Waals surface area contributed by atoms with E-state index < -0.39 is 5.41 Å². The predicted molar refractivity (Wildman–Crippen MR) is 275 cm³/mol. The predicted octanol–water partition coefficient (Wildman–Crippen LogP) is 17.6. The summed E-state index contributed by atoms with van der Waals surface area (Å²) in [5.41, 5.74) is 15.3. The SMILES string of the molecule is c1ccc(C2(c3ccccc3)c3ccccc3-c3ccc(N(c4cccc(-c5cccc6c5sc5ccccc56)c4)c4cccc(-c5cccc6c5sc5ccccc56)c4)cc32)cc1. The van der Waals surface area contributed by atoms with E-state index in [0.29, 0.717) is 0 Å². The Morgan fingerprint density at radius 3 is 1.31 bits per heavy atom. The summed E-state index contributed by atoms with van der Waals surface area (Å²) in [5.74, 6) is 0. The van der Waals surface area contributed by atoms with E-state index in [9.17, 15) is 0 Å². The Bertz CT molecular complexity index is 3550. The van der Waals surface area contributed by atoms with Crippen LogP contribution >= 0.6 is 22.7 Å². The van der Waals surface area contributed by atoms with Gasteiger partial charge in [0, 0.05) is 57.4 Å². The lowest BCUT2D eigenvalue weighted by molar-refractivity contribution is 0.768. The first-order chi connectivity index (χ1) is 31.7. The van der Waals surface area contributed by atoms with E-state index in [4.69, 9.17) is 0 Å². The molecule has 0 unspecified atom stereocenters. The molecule has 1 aliphatic carbocycles. The molecule has 10 aromatic carbocycles. The van der Waals surface area contributed by atoms with Crippen LogP contribution in [-0.2, 0) is 5.41 Å². The standard InChI is InChI=1S/C61H39NS2/c1-3-19-42(20-4-1)61(43-21-5-2-6-22-43)55-32-10-7-25-49(55)50-36-35-46(39-56(50)61)62(44-23-13-17-40(37-44)47-28-15-30-53-51-26-8-11-33-57(51)63-59(47)53)45-24-14-18-41(38-45)48-29-16-31-54-52-27-9-12-34-58(52)64-60(48)54/h1-39H. The summed E-state index contributed by atoms with van der Waals surface area (Å²) in [7, 11) is 0. The summed E-state index contributed by atoms with van der Waals surface area (Å²) in [6.45, 7) is 0. The van der Waals surface area contributed by atoms with E-state index in [-0.39, 0.29) is 0 Å². The molecule has 64 heavy (non-hydrogen) atoms. The average Bonchev–Trinajstić information content (AvgIpc) is 4.03. The number of nitrogens with zero attached hydrogens (tertiary/aromatic N) is 1. The first-order valence-corrected chi connectivity index (χ1v) is 23.5. The number of rotatable bonds is 7. The van der Waals surface area contributed by atoms with Crippen molar-refractivity contribution in [3.63, 3.8) is 0 Å². The number of hydrogen-bond acceptors (Lipinski definition) is 3. The van der Waals surface area contributed by atoms with E-state index in [1.54, 1.807) is 0 Å². The second-order valence-corrected chi connectivity index (χ2v) is 18.9. The Morgan fingerprint density at radius 1 is 0.297 bits per heavy atom. The molecule has 0 saturated carbocycles. The van der Waals surface area contributed by atoms with Gasteiger partial charge in [0.25, 0.3) is 0 Å². The third-order valence-electron chi connectivity index (χ3n) is 13.3. The van der Waals surface area contributed by atoms with Crippen LogP contribution in [0.25, 0.3) is 73.7 Å². The third-order valence-corrected chi connectivity index (χ3v) is 15.8. The molecule has 0 saturated heterocycles. The molecular weight excluding hydrogens is 811 g/mol. The monoisotopic (exact) mass is 849 g/mol. The first kappa shape index (κ1) is 37.0. The molecule has 0 fully saturated rings. The van der Waals surface area contributed by atoms with Crippen molar-refractivity contribution in [3.05, 3.63) is 259 Å². The van der Waals surface area contributed by atoms with Gasteiger partial charge in [-0.2, -0.15) is 0 Å². The normalized spacial score (nSPS) is 12.8. The van der Waals surface area contributed by atoms with Gasteiger partial charge in [0.15, 0.2) is 0 Å². The molecule has 300 valence electrons. The van der Waals surface area contributed by atoms with E-state index in [1.807, 2.05) is 22.7 Å². The highest BCUT2D eigenvalue weighted by Gasteiger charge is 2.46. The van der Waals surface area contributed by atoms with E-state index >= 15 is 0 Å². The molecule has 0 radical (unpaired) electrons. The number of thiophene rings is 2. The van der Waals surface area contributed by atoms with Crippen molar-refractivity contribution in [2.24, 2.45) is 0 Å². The number of fused-ring (bicyclic) bond motifs is 9. The van der Waals surface area contributed by atoms with Crippen LogP contribution in [0.2, 0.25) is 0 Å². The maximum Gasteiger partial charge on any atom is 0.0714 e. The van der Waals surface area contributed by atoms with Crippen LogP contribution in [0, 0.1) is 0 Å². The number of benzene rings is 10. The lowest BCUT2D eigenvalue weighted by Crippen LogP contribution is -2.28. The van der Waals surface area contributed by atoms with Crippen molar-refractivity contribution in [1.82, 2.24) is 0 Å². The minimum atomic E-state index is -0.520. The van der Waals surface area contributed by atoms with Crippen LogP contribution < -0.4 is 4.90 Å². The van der Waals surface area contributed by atoms with Gasteiger partial charge in [-0.15, -0.1) is 22.7 Å².